The minimum absolute atomic E-state index is 0.513. The lowest BCUT2D eigenvalue weighted by Crippen LogP contribution is -2.44. The lowest BCUT2D eigenvalue weighted by molar-refractivity contribution is 0.106. The third-order valence-corrected chi connectivity index (χ3v) is 3.98. The van der Waals surface area contributed by atoms with Gasteiger partial charge in [0.05, 0.1) is 18.7 Å². The molecule has 2 heterocycles. The van der Waals surface area contributed by atoms with Gasteiger partial charge in [0.2, 0.25) is 0 Å². The molecule has 3 rings (SSSR count). The first-order valence-corrected chi connectivity index (χ1v) is 7.32. The molecule has 1 aromatic heterocycles. The number of aliphatic hydroxyl groups excluding tert-OH is 1. The number of β-amino-alcohol motifs (C(OH)–C–C–N with tert-alkyl or cyclic N) is 1. The average Bonchev–Trinajstić information content (AvgIpc) is 2.54. The number of aromatic nitrogens is 1. The highest BCUT2D eigenvalue weighted by molar-refractivity contribution is 5.83. The van der Waals surface area contributed by atoms with Crippen molar-refractivity contribution in [3.05, 3.63) is 36.0 Å². The van der Waals surface area contributed by atoms with Crippen molar-refractivity contribution in [2.75, 3.05) is 39.8 Å². The van der Waals surface area contributed by atoms with E-state index in [0.717, 1.165) is 48.4 Å². The van der Waals surface area contributed by atoms with E-state index in [9.17, 15) is 5.11 Å². The first-order valence-electron chi connectivity index (χ1n) is 7.32. The summed E-state index contributed by atoms with van der Waals surface area (Å²) in [6.07, 6.45) is 1.24. The highest BCUT2D eigenvalue weighted by Crippen LogP contribution is 2.27. The Bertz CT molecular complexity index is 611. The van der Waals surface area contributed by atoms with Crippen LogP contribution in [0.15, 0.2) is 30.5 Å². The van der Waals surface area contributed by atoms with Crippen molar-refractivity contribution in [3.63, 3.8) is 0 Å². The first-order chi connectivity index (χ1) is 10.3. The van der Waals surface area contributed by atoms with Crippen LogP contribution in [0.1, 0.15) is 11.7 Å². The molecule has 1 saturated heterocycles. The summed E-state index contributed by atoms with van der Waals surface area (Å²) in [5.74, 6) is 0.783. The van der Waals surface area contributed by atoms with E-state index in [1.807, 2.05) is 24.3 Å². The van der Waals surface area contributed by atoms with E-state index in [4.69, 9.17) is 4.74 Å². The van der Waals surface area contributed by atoms with E-state index in [1.54, 1.807) is 13.3 Å². The number of nitrogens with zero attached hydrogens (tertiary/aromatic N) is 2. The molecule has 1 atom stereocenters. The lowest BCUT2D eigenvalue weighted by Gasteiger charge is -2.29. The molecular formula is C16H21N3O2. The van der Waals surface area contributed by atoms with Gasteiger partial charge in [-0.25, -0.2) is 0 Å². The number of nitrogens with one attached hydrogen (secondary N) is 1. The number of ether oxygens (including phenoxy) is 1. The van der Waals surface area contributed by atoms with Gasteiger partial charge in [-0.2, -0.15) is 0 Å². The summed E-state index contributed by atoms with van der Waals surface area (Å²) in [7, 11) is 1.65. The SMILES string of the molecule is COc1ccc2nccc([C@H](O)CN3CCNCC3)c2c1. The minimum atomic E-state index is -0.513. The van der Waals surface area contributed by atoms with E-state index in [0.29, 0.717) is 6.54 Å². The fourth-order valence-corrected chi connectivity index (χ4v) is 2.80. The topological polar surface area (TPSA) is 57.6 Å². The van der Waals surface area contributed by atoms with E-state index in [1.165, 1.54) is 0 Å². The van der Waals surface area contributed by atoms with Crippen LogP contribution in [0, 0.1) is 0 Å². The second-order valence-corrected chi connectivity index (χ2v) is 5.35. The van der Waals surface area contributed by atoms with Crippen molar-refractivity contribution in [2.24, 2.45) is 0 Å². The Hall–Kier alpha value is -1.69. The molecular weight excluding hydrogens is 266 g/mol. The van der Waals surface area contributed by atoms with E-state index in [-0.39, 0.29) is 0 Å². The predicted molar refractivity (Wildman–Crippen MR) is 82.6 cm³/mol. The zero-order valence-corrected chi connectivity index (χ0v) is 12.2. The number of methoxy groups -OCH3 is 1. The van der Waals surface area contributed by atoms with Gasteiger partial charge in [-0.1, -0.05) is 0 Å². The van der Waals surface area contributed by atoms with Crippen LogP contribution in [-0.2, 0) is 0 Å². The minimum Gasteiger partial charge on any atom is -0.497 e. The van der Waals surface area contributed by atoms with Gasteiger partial charge in [0.15, 0.2) is 0 Å². The first kappa shape index (κ1) is 14.3. The zero-order chi connectivity index (χ0) is 14.7. The molecule has 1 aliphatic rings. The highest BCUT2D eigenvalue weighted by Gasteiger charge is 2.18. The molecule has 1 fully saturated rings. The third kappa shape index (κ3) is 3.15. The van der Waals surface area contributed by atoms with Crippen molar-refractivity contribution in [3.8, 4) is 5.75 Å². The smallest absolute Gasteiger partial charge is 0.119 e. The number of benzene rings is 1. The fourth-order valence-electron chi connectivity index (χ4n) is 2.80. The molecule has 0 amide bonds. The van der Waals surface area contributed by atoms with Gasteiger partial charge in [-0.05, 0) is 29.8 Å². The van der Waals surface area contributed by atoms with Gasteiger partial charge in [-0.3, -0.25) is 9.88 Å². The summed E-state index contributed by atoms with van der Waals surface area (Å²) in [4.78, 5) is 6.64. The molecule has 21 heavy (non-hydrogen) atoms. The van der Waals surface area contributed by atoms with Crippen molar-refractivity contribution >= 4 is 10.9 Å². The summed E-state index contributed by atoms with van der Waals surface area (Å²) < 4.78 is 5.28. The van der Waals surface area contributed by atoms with Gasteiger partial charge in [0, 0.05) is 44.3 Å². The molecule has 5 nitrogen and oxygen atoms in total. The Morgan fingerprint density at radius 1 is 1.33 bits per heavy atom. The summed E-state index contributed by atoms with van der Waals surface area (Å²) in [5, 5.41) is 14.9. The number of hydrogen-bond acceptors (Lipinski definition) is 5. The Kier molecular flexibility index (Phi) is 4.34. The van der Waals surface area contributed by atoms with Gasteiger partial charge in [0.25, 0.3) is 0 Å². The van der Waals surface area contributed by atoms with Crippen LogP contribution in [0.4, 0.5) is 0 Å². The number of hydrogen-bond donors (Lipinski definition) is 2. The summed E-state index contributed by atoms with van der Waals surface area (Å²) in [5.41, 5.74) is 1.80. The molecule has 0 spiro atoms. The molecule has 0 radical (unpaired) electrons. The van der Waals surface area contributed by atoms with Crippen molar-refractivity contribution in [1.82, 2.24) is 15.2 Å². The van der Waals surface area contributed by atoms with Gasteiger partial charge in [-0.15, -0.1) is 0 Å². The Labute approximate surface area is 124 Å². The number of aliphatic hydroxyl groups is 1. The van der Waals surface area contributed by atoms with E-state index < -0.39 is 6.10 Å². The van der Waals surface area contributed by atoms with E-state index >= 15 is 0 Å². The van der Waals surface area contributed by atoms with Crippen molar-refractivity contribution < 1.29 is 9.84 Å². The highest BCUT2D eigenvalue weighted by atomic mass is 16.5. The van der Waals surface area contributed by atoms with E-state index in [2.05, 4.69) is 15.2 Å². The second-order valence-electron chi connectivity index (χ2n) is 5.35. The van der Waals surface area contributed by atoms with Gasteiger partial charge in [0.1, 0.15) is 5.75 Å². The van der Waals surface area contributed by atoms with Crippen LogP contribution in [0.5, 0.6) is 5.75 Å². The average molecular weight is 287 g/mol. The zero-order valence-electron chi connectivity index (χ0n) is 12.2. The molecule has 0 bridgehead atoms. The fraction of sp³-hybridized carbons (Fsp3) is 0.438. The second kappa shape index (κ2) is 6.39. The molecule has 2 N–H and O–H groups in total. The summed E-state index contributed by atoms with van der Waals surface area (Å²) in [6, 6.07) is 7.66. The molecule has 0 saturated carbocycles. The molecule has 1 aliphatic heterocycles. The van der Waals surface area contributed by atoms with Gasteiger partial charge >= 0.3 is 0 Å². The Morgan fingerprint density at radius 2 is 2.14 bits per heavy atom. The quantitative estimate of drug-likeness (QED) is 0.884. The molecule has 0 aliphatic carbocycles. The normalized spacial score (nSPS) is 17.8. The number of fused-ring (bicyclic) bond motifs is 1. The largest absolute Gasteiger partial charge is 0.497 e. The standard InChI is InChI=1S/C16H21N3O2/c1-21-12-2-3-15-14(10-12)13(4-5-18-15)16(20)11-19-8-6-17-7-9-19/h2-5,10,16-17,20H,6-9,11H2,1H3/t16-/m1/s1. The predicted octanol–water partition coefficient (Wildman–Crippen LogP) is 1.18. The van der Waals surface area contributed by atoms with Gasteiger partial charge < -0.3 is 15.2 Å². The molecule has 0 unspecified atom stereocenters. The van der Waals surface area contributed by atoms with Crippen LogP contribution in [0.3, 0.4) is 0 Å². The number of pyridine rings is 1. The Morgan fingerprint density at radius 3 is 2.90 bits per heavy atom. The summed E-state index contributed by atoms with van der Waals surface area (Å²) >= 11 is 0. The third-order valence-electron chi connectivity index (χ3n) is 3.98. The number of rotatable bonds is 4. The van der Waals surface area contributed by atoms with Crippen LogP contribution < -0.4 is 10.1 Å². The molecule has 1 aromatic carbocycles. The number of piperazine rings is 1. The van der Waals surface area contributed by atoms with Crippen molar-refractivity contribution in [1.29, 1.82) is 0 Å². The lowest BCUT2D eigenvalue weighted by atomic mass is 10.0. The molecule has 2 aromatic rings. The molecule has 112 valence electrons. The maximum Gasteiger partial charge on any atom is 0.119 e. The monoisotopic (exact) mass is 287 g/mol. The molecule has 5 heteroatoms. The Balaban J connectivity index is 1.87. The summed E-state index contributed by atoms with van der Waals surface area (Å²) in [6.45, 7) is 4.57. The van der Waals surface area contributed by atoms with Crippen LogP contribution in [-0.4, -0.2) is 54.8 Å². The van der Waals surface area contributed by atoms with Crippen LogP contribution in [0.25, 0.3) is 10.9 Å². The maximum atomic E-state index is 10.6. The maximum absolute atomic E-state index is 10.6. The van der Waals surface area contributed by atoms with Crippen LogP contribution in [0.2, 0.25) is 0 Å². The van der Waals surface area contributed by atoms with Crippen molar-refractivity contribution in [2.45, 2.75) is 6.10 Å². The van der Waals surface area contributed by atoms with Crippen LogP contribution >= 0.6 is 0 Å².